The Balaban J connectivity index is 1.97. The average molecular weight is 311 g/mol. The third kappa shape index (κ3) is 2.69. The van der Waals surface area contributed by atoms with Gasteiger partial charge in [0.25, 0.3) is 0 Å². The molecule has 6 heteroatoms. The Morgan fingerprint density at radius 2 is 2.29 bits per heavy atom. The minimum atomic E-state index is -0.105. The molecular weight excluding hydrogens is 288 g/mol. The number of halogens is 1. The van der Waals surface area contributed by atoms with Crippen molar-refractivity contribution >= 4 is 22.8 Å². The lowest BCUT2D eigenvalue weighted by Gasteiger charge is -2.14. The summed E-state index contributed by atoms with van der Waals surface area (Å²) < 4.78 is 9.99. The zero-order chi connectivity index (χ0) is 15.0. The van der Waals surface area contributed by atoms with Crippen LogP contribution in [0.25, 0.3) is 11.2 Å². The van der Waals surface area contributed by atoms with Crippen LogP contribution in [0.2, 0.25) is 0 Å². The van der Waals surface area contributed by atoms with Crippen molar-refractivity contribution in [2.75, 3.05) is 6.61 Å². The molecule has 2 unspecified atom stereocenters. The lowest BCUT2D eigenvalue weighted by molar-refractivity contribution is 0.100. The molecule has 116 valence electrons. The molecule has 0 N–H and O–H groups in total. The first kappa shape index (κ1) is 14.9. The second kappa shape index (κ2) is 5.97. The normalized spacial score (nSPS) is 20.5. The van der Waals surface area contributed by atoms with Crippen LogP contribution in [0.4, 0.5) is 0 Å². The molecule has 5 nitrogen and oxygen atoms in total. The molecule has 0 saturated carbocycles. The predicted octanol–water partition coefficient (Wildman–Crippen LogP) is 3.43. The molecule has 2 aromatic heterocycles. The molecule has 2 atom stereocenters. The standard InChI is InChI=1S/C15H23ClN4O/c1-4-20-15-13(11(3)18-20)17-14(10(2)16)19(15)8-7-12-6-5-9-21-12/h10,12H,4-9H2,1-3H3. The Kier molecular flexibility index (Phi) is 4.22. The molecule has 0 aromatic carbocycles. The van der Waals surface area contributed by atoms with E-state index in [1.165, 1.54) is 6.42 Å². The Bertz CT molecular complexity index is 625. The number of imidazole rings is 1. The van der Waals surface area contributed by atoms with E-state index in [1.807, 2.05) is 18.5 Å². The molecule has 3 rings (SSSR count). The highest BCUT2D eigenvalue weighted by Gasteiger charge is 2.22. The summed E-state index contributed by atoms with van der Waals surface area (Å²) in [5.41, 5.74) is 3.04. The molecule has 0 aliphatic carbocycles. The van der Waals surface area contributed by atoms with E-state index in [1.54, 1.807) is 0 Å². The molecular formula is C15H23ClN4O. The topological polar surface area (TPSA) is 44.9 Å². The van der Waals surface area contributed by atoms with Crippen LogP contribution in [0.3, 0.4) is 0 Å². The zero-order valence-corrected chi connectivity index (χ0v) is 13.7. The molecule has 0 bridgehead atoms. The third-order valence-corrected chi connectivity index (χ3v) is 4.38. The molecule has 1 aliphatic heterocycles. The number of alkyl halides is 1. The number of aryl methyl sites for hydroxylation is 3. The van der Waals surface area contributed by atoms with Gasteiger partial charge in [-0.25, -0.2) is 9.67 Å². The monoisotopic (exact) mass is 310 g/mol. The number of hydrogen-bond donors (Lipinski definition) is 0. The molecule has 0 radical (unpaired) electrons. The van der Waals surface area contributed by atoms with Gasteiger partial charge in [-0.05, 0) is 40.0 Å². The maximum Gasteiger partial charge on any atom is 0.158 e. The smallest absolute Gasteiger partial charge is 0.158 e. The van der Waals surface area contributed by atoms with Gasteiger partial charge in [0.1, 0.15) is 11.3 Å². The third-order valence-electron chi connectivity index (χ3n) is 4.18. The summed E-state index contributed by atoms with van der Waals surface area (Å²) in [7, 11) is 0. The highest BCUT2D eigenvalue weighted by molar-refractivity contribution is 6.20. The first-order valence-corrected chi connectivity index (χ1v) is 8.24. The Labute approximate surface area is 130 Å². The minimum Gasteiger partial charge on any atom is -0.378 e. The molecule has 3 heterocycles. The molecule has 2 aromatic rings. The first-order valence-electron chi connectivity index (χ1n) is 7.81. The van der Waals surface area contributed by atoms with Gasteiger partial charge in [-0.1, -0.05) is 0 Å². The van der Waals surface area contributed by atoms with E-state index in [2.05, 4.69) is 16.6 Å². The fourth-order valence-corrected chi connectivity index (χ4v) is 3.30. The van der Waals surface area contributed by atoms with E-state index < -0.39 is 0 Å². The molecule has 0 spiro atoms. The van der Waals surface area contributed by atoms with Crippen molar-refractivity contribution in [2.24, 2.45) is 0 Å². The maximum atomic E-state index is 6.34. The lowest BCUT2D eigenvalue weighted by Crippen LogP contribution is -2.14. The predicted molar refractivity (Wildman–Crippen MR) is 83.8 cm³/mol. The van der Waals surface area contributed by atoms with Gasteiger partial charge in [-0.2, -0.15) is 5.10 Å². The van der Waals surface area contributed by atoms with Crippen LogP contribution in [-0.4, -0.2) is 32.0 Å². The van der Waals surface area contributed by atoms with Crippen LogP contribution in [-0.2, 0) is 17.8 Å². The van der Waals surface area contributed by atoms with E-state index in [-0.39, 0.29) is 5.38 Å². The van der Waals surface area contributed by atoms with Gasteiger partial charge < -0.3 is 9.30 Å². The quantitative estimate of drug-likeness (QED) is 0.795. The van der Waals surface area contributed by atoms with Crippen molar-refractivity contribution in [1.82, 2.24) is 19.3 Å². The summed E-state index contributed by atoms with van der Waals surface area (Å²) in [5.74, 6) is 0.937. The molecule has 1 saturated heterocycles. The van der Waals surface area contributed by atoms with Gasteiger partial charge in [-0.3, -0.25) is 0 Å². The average Bonchev–Trinajstić information content (AvgIpc) is 3.13. The summed E-state index contributed by atoms with van der Waals surface area (Å²) in [6, 6.07) is 0. The largest absolute Gasteiger partial charge is 0.378 e. The van der Waals surface area contributed by atoms with E-state index in [0.29, 0.717) is 6.10 Å². The highest BCUT2D eigenvalue weighted by Crippen LogP contribution is 2.27. The zero-order valence-electron chi connectivity index (χ0n) is 13.0. The van der Waals surface area contributed by atoms with Gasteiger partial charge >= 0.3 is 0 Å². The van der Waals surface area contributed by atoms with Crippen molar-refractivity contribution in [1.29, 1.82) is 0 Å². The maximum absolute atomic E-state index is 6.34. The summed E-state index contributed by atoms with van der Waals surface area (Å²) in [6.07, 6.45) is 3.72. The minimum absolute atomic E-state index is 0.105. The number of rotatable bonds is 5. The molecule has 1 aliphatic rings. The van der Waals surface area contributed by atoms with Crippen molar-refractivity contribution in [3.63, 3.8) is 0 Å². The fraction of sp³-hybridized carbons (Fsp3) is 0.733. The van der Waals surface area contributed by atoms with Crippen LogP contribution in [0.15, 0.2) is 0 Å². The highest BCUT2D eigenvalue weighted by atomic mass is 35.5. The lowest BCUT2D eigenvalue weighted by atomic mass is 10.2. The second-order valence-electron chi connectivity index (χ2n) is 5.73. The molecule has 1 fully saturated rings. The van der Waals surface area contributed by atoms with E-state index in [0.717, 1.165) is 55.2 Å². The number of nitrogens with zero attached hydrogens (tertiary/aromatic N) is 4. The van der Waals surface area contributed by atoms with Crippen molar-refractivity contribution in [3.05, 3.63) is 11.5 Å². The Hall–Kier alpha value is -1.07. The summed E-state index contributed by atoms with van der Waals surface area (Å²) in [5, 5.41) is 4.46. The number of hydrogen-bond acceptors (Lipinski definition) is 3. The van der Waals surface area contributed by atoms with E-state index >= 15 is 0 Å². The van der Waals surface area contributed by atoms with Gasteiger partial charge in [0.15, 0.2) is 5.65 Å². The van der Waals surface area contributed by atoms with Crippen molar-refractivity contribution in [2.45, 2.75) is 64.6 Å². The van der Waals surface area contributed by atoms with Crippen LogP contribution in [0, 0.1) is 6.92 Å². The van der Waals surface area contributed by atoms with Crippen LogP contribution in [0.5, 0.6) is 0 Å². The second-order valence-corrected chi connectivity index (χ2v) is 6.39. The van der Waals surface area contributed by atoms with E-state index in [4.69, 9.17) is 21.3 Å². The van der Waals surface area contributed by atoms with Crippen molar-refractivity contribution < 1.29 is 4.74 Å². The summed E-state index contributed by atoms with van der Waals surface area (Å²) >= 11 is 6.34. The van der Waals surface area contributed by atoms with Gasteiger partial charge in [-0.15, -0.1) is 11.6 Å². The van der Waals surface area contributed by atoms with E-state index in [9.17, 15) is 0 Å². The molecule has 0 amide bonds. The van der Waals surface area contributed by atoms with Crippen molar-refractivity contribution in [3.8, 4) is 0 Å². The Morgan fingerprint density at radius 3 is 2.90 bits per heavy atom. The first-order chi connectivity index (χ1) is 10.1. The van der Waals surface area contributed by atoms with Gasteiger partial charge in [0.2, 0.25) is 0 Å². The number of aromatic nitrogens is 4. The number of ether oxygens (including phenoxy) is 1. The van der Waals surface area contributed by atoms with Gasteiger partial charge in [0, 0.05) is 19.7 Å². The summed E-state index contributed by atoms with van der Waals surface area (Å²) in [4.78, 5) is 4.73. The van der Waals surface area contributed by atoms with Crippen LogP contribution in [0.1, 0.15) is 50.0 Å². The molecule has 21 heavy (non-hydrogen) atoms. The van der Waals surface area contributed by atoms with Crippen LogP contribution < -0.4 is 0 Å². The SMILES string of the molecule is CCn1nc(C)c2nc(C(C)Cl)n(CCC3CCCO3)c21. The Morgan fingerprint density at radius 1 is 1.48 bits per heavy atom. The number of fused-ring (bicyclic) bond motifs is 1. The van der Waals surface area contributed by atoms with Gasteiger partial charge in [0.05, 0.1) is 17.2 Å². The summed E-state index contributed by atoms with van der Waals surface area (Å²) in [6.45, 7) is 8.71. The van der Waals surface area contributed by atoms with Crippen LogP contribution >= 0.6 is 11.6 Å². The fourth-order valence-electron chi connectivity index (χ4n) is 3.13.